The normalized spacial score (nSPS) is 10.9. The van der Waals surface area contributed by atoms with Crippen LogP contribution in [0.3, 0.4) is 0 Å². The Labute approximate surface area is 140 Å². The van der Waals surface area contributed by atoms with Gasteiger partial charge in [-0.1, -0.05) is 0 Å². The lowest BCUT2D eigenvalue weighted by molar-refractivity contribution is 0.0511. The molecule has 2 rings (SSSR count). The van der Waals surface area contributed by atoms with E-state index in [-0.39, 0.29) is 11.9 Å². The van der Waals surface area contributed by atoms with Crippen LogP contribution in [0.4, 0.5) is 0 Å². The number of carbonyl (C=O) groups is 2. The highest BCUT2D eigenvalue weighted by Crippen LogP contribution is 2.35. The van der Waals surface area contributed by atoms with E-state index in [1.165, 1.54) is 11.3 Å². The van der Waals surface area contributed by atoms with E-state index in [0.29, 0.717) is 30.3 Å². The zero-order chi connectivity index (χ0) is 15.6. The van der Waals surface area contributed by atoms with Crippen molar-refractivity contribution in [3.63, 3.8) is 0 Å². The molecule has 0 bridgehead atoms. The van der Waals surface area contributed by atoms with E-state index in [4.69, 9.17) is 9.47 Å². The van der Waals surface area contributed by atoms with Crippen LogP contribution in [0.5, 0.6) is 0 Å². The van der Waals surface area contributed by atoms with Crippen molar-refractivity contribution < 1.29 is 19.1 Å². The molecule has 2 aromatic rings. The number of aromatic nitrogens is 1. The highest BCUT2D eigenvalue weighted by Gasteiger charge is 2.24. The quantitative estimate of drug-likeness (QED) is 0.546. The summed E-state index contributed by atoms with van der Waals surface area (Å²) in [6.07, 6.45) is 0. The monoisotopic (exact) mass is 421 g/mol. The Morgan fingerprint density at radius 2 is 1.81 bits per heavy atom. The molecule has 0 saturated carbocycles. The summed E-state index contributed by atoms with van der Waals surface area (Å²) in [6.45, 7) is 6.84. The fourth-order valence-electron chi connectivity index (χ4n) is 2.08. The second-order valence-electron chi connectivity index (χ2n) is 4.18. The molecular weight excluding hydrogens is 405 g/mol. The van der Waals surface area contributed by atoms with Gasteiger partial charge in [-0.25, -0.2) is 9.59 Å². The van der Waals surface area contributed by atoms with Crippen molar-refractivity contribution >= 4 is 56.1 Å². The fraction of sp³-hybridized carbons (Fsp3) is 0.429. The van der Waals surface area contributed by atoms with Crippen molar-refractivity contribution in [3.8, 4) is 0 Å². The molecule has 114 valence electrons. The summed E-state index contributed by atoms with van der Waals surface area (Å²) in [4.78, 5) is 25.4. The first-order valence-electron chi connectivity index (χ1n) is 6.70. The molecule has 0 spiro atoms. The van der Waals surface area contributed by atoms with Gasteiger partial charge in [-0.05, 0) is 49.4 Å². The zero-order valence-corrected chi connectivity index (χ0v) is 15.0. The molecule has 0 aliphatic carbocycles. The Morgan fingerprint density at radius 3 is 2.38 bits per heavy atom. The number of halogens is 1. The molecule has 0 saturated heterocycles. The van der Waals surface area contributed by atoms with Crippen LogP contribution in [0.2, 0.25) is 0 Å². The number of carbonyl (C=O) groups excluding carboxylic acids is 2. The van der Waals surface area contributed by atoms with Crippen LogP contribution in [0, 0.1) is 3.57 Å². The minimum absolute atomic E-state index is 0.316. The first-order valence-corrected chi connectivity index (χ1v) is 8.60. The number of nitrogens with zero attached hydrogens (tertiary/aromatic N) is 1. The second-order valence-corrected chi connectivity index (χ2v) is 6.26. The first kappa shape index (κ1) is 16.3. The third kappa shape index (κ3) is 2.94. The van der Waals surface area contributed by atoms with Crippen LogP contribution in [-0.4, -0.2) is 29.7 Å². The van der Waals surface area contributed by atoms with Gasteiger partial charge in [0.05, 0.1) is 13.2 Å². The summed E-state index contributed by atoms with van der Waals surface area (Å²) in [5.41, 5.74) is 0.522. The molecule has 0 radical (unpaired) electrons. The molecule has 5 nitrogen and oxygen atoms in total. The maximum atomic E-state index is 12.0. The molecule has 2 heterocycles. The topological polar surface area (TPSA) is 57.5 Å². The summed E-state index contributed by atoms with van der Waals surface area (Å²) in [5.74, 6) is -0.653. The van der Waals surface area contributed by atoms with E-state index in [9.17, 15) is 9.59 Å². The lowest BCUT2D eigenvalue weighted by Crippen LogP contribution is -2.11. The molecule has 2 aromatic heterocycles. The lowest BCUT2D eigenvalue weighted by atomic mass is 10.3. The van der Waals surface area contributed by atoms with Gasteiger partial charge in [-0.3, -0.25) is 0 Å². The van der Waals surface area contributed by atoms with Crippen LogP contribution in [0.1, 0.15) is 40.9 Å². The first-order chi connectivity index (χ1) is 10.0. The Bertz CT molecular complexity index is 689. The van der Waals surface area contributed by atoms with Crippen LogP contribution in [0.25, 0.3) is 10.2 Å². The standard InChI is InChI=1S/C14H16INO4S/c1-4-16-9(13(17)19-5-2)7-8-10(15)11(21-12(8)16)14(18)20-6-3/h7H,4-6H2,1-3H3. The van der Waals surface area contributed by atoms with Gasteiger partial charge in [-0.15, -0.1) is 11.3 Å². The molecule has 0 unspecified atom stereocenters. The number of thiophene rings is 1. The van der Waals surface area contributed by atoms with Gasteiger partial charge in [0.2, 0.25) is 0 Å². The molecule has 0 N–H and O–H groups in total. The van der Waals surface area contributed by atoms with Crippen LogP contribution in [0.15, 0.2) is 6.07 Å². The fourth-order valence-corrected chi connectivity index (χ4v) is 4.37. The summed E-state index contributed by atoms with van der Waals surface area (Å²) >= 11 is 3.48. The Kier molecular flexibility index (Phi) is 5.26. The van der Waals surface area contributed by atoms with Gasteiger partial charge in [0.1, 0.15) is 15.4 Å². The van der Waals surface area contributed by atoms with Crippen molar-refractivity contribution in [1.82, 2.24) is 4.57 Å². The van der Waals surface area contributed by atoms with Gasteiger partial charge >= 0.3 is 11.9 Å². The van der Waals surface area contributed by atoms with Crippen molar-refractivity contribution in [2.45, 2.75) is 27.3 Å². The number of hydrogen-bond donors (Lipinski definition) is 0. The van der Waals surface area contributed by atoms with Crippen molar-refractivity contribution in [2.24, 2.45) is 0 Å². The number of fused-ring (bicyclic) bond motifs is 1. The minimum Gasteiger partial charge on any atom is -0.462 e. The van der Waals surface area contributed by atoms with Gasteiger partial charge in [0.25, 0.3) is 0 Å². The molecule has 21 heavy (non-hydrogen) atoms. The Balaban J connectivity index is 2.54. The van der Waals surface area contributed by atoms with Gasteiger partial charge in [0.15, 0.2) is 0 Å². The molecule has 0 amide bonds. The maximum Gasteiger partial charge on any atom is 0.354 e. The summed E-state index contributed by atoms with van der Waals surface area (Å²) < 4.78 is 12.8. The van der Waals surface area contributed by atoms with E-state index in [2.05, 4.69) is 22.6 Å². The summed E-state index contributed by atoms with van der Waals surface area (Å²) in [6, 6.07) is 1.79. The highest BCUT2D eigenvalue weighted by molar-refractivity contribution is 14.1. The third-order valence-electron chi connectivity index (χ3n) is 2.94. The van der Waals surface area contributed by atoms with Crippen LogP contribution < -0.4 is 0 Å². The van der Waals surface area contributed by atoms with E-state index in [0.717, 1.165) is 13.8 Å². The Morgan fingerprint density at radius 1 is 1.19 bits per heavy atom. The van der Waals surface area contributed by atoms with Crippen molar-refractivity contribution in [1.29, 1.82) is 0 Å². The third-order valence-corrected chi connectivity index (χ3v) is 5.64. The van der Waals surface area contributed by atoms with Gasteiger partial charge in [0, 0.05) is 15.5 Å². The molecule has 7 heteroatoms. The Hall–Kier alpha value is -1.09. The molecule has 0 atom stereocenters. The second kappa shape index (κ2) is 6.78. The number of aryl methyl sites for hydroxylation is 1. The largest absolute Gasteiger partial charge is 0.462 e. The summed E-state index contributed by atoms with van der Waals surface area (Å²) in [7, 11) is 0. The molecule has 0 aliphatic rings. The number of esters is 2. The van der Waals surface area contributed by atoms with E-state index < -0.39 is 0 Å². The molecule has 0 aliphatic heterocycles. The average Bonchev–Trinajstić information content (AvgIpc) is 2.96. The lowest BCUT2D eigenvalue weighted by Gasteiger charge is -2.06. The number of rotatable bonds is 5. The van der Waals surface area contributed by atoms with Gasteiger partial charge < -0.3 is 14.0 Å². The number of ether oxygens (including phenoxy) is 2. The van der Waals surface area contributed by atoms with Crippen molar-refractivity contribution in [2.75, 3.05) is 13.2 Å². The average molecular weight is 421 g/mol. The van der Waals surface area contributed by atoms with Crippen LogP contribution in [-0.2, 0) is 16.0 Å². The van der Waals surface area contributed by atoms with E-state index in [1.54, 1.807) is 19.9 Å². The van der Waals surface area contributed by atoms with E-state index in [1.807, 2.05) is 11.5 Å². The van der Waals surface area contributed by atoms with E-state index >= 15 is 0 Å². The van der Waals surface area contributed by atoms with Gasteiger partial charge in [-0.2, -0.15) is 0 Å². The smallest absolute Gasteiger partial charge is 0.354 e. The highest BCUT2D eigenvalue weighted by atomic mass is 127. The predicted octanol–water partition coefficient (Wildman–Crippen LogP) is 3.68. The molecule has 0 aromatic carbocycles. The zero-order valence-electron chi connectivity index (χ0n) is 12.1. The molecular formula is C14H16INO4S. The minimum atomic E-state index is -0.337. The summed E-state index contributed by atoms with van der Waals surface area (Å²) in [5, 5.41) is 0.897. The number of hydrogen-bond acceptors (Lipinski definition) is 5. The maximum absolute atomic E-state index is 12.0. The van der Waals surface area contributed by atoms with Crippen LogP contribution >= 0.6 is 33.9 Å². The van der Waals surface area contributed by atoms with Crippen molar-refractivity contribution in [3.05, 3.63) is 20.2 Å². The predicted molar refractivity (Wildman–Crippen MR) is 90.1 cm³/mol. The molecule has 0 fully saturated rings. The SMILES string of the molecule is CCOC(=O)c1sc2c(cc(C(=O)OCC)n2CC)c1I.